The van der Waals surface area contributed by atoms with Gasteiger partial charge in [0, 0.05) is 5.57 Å². The third-order valence-electron chi connectivity index (χ3n) is 6.02. The molecule has 2 rings (SSSR count). The van der Waals surface area contributed by atoms with Crippen molar-refractivity contribution in [3.8, 4) is 0 Å². The van der Waals surface area contributed by atoms with Crippen molar-refractivity contribution in [1.29, 1.82) is 0 Å². The average molecular weight is 336 g/mol. The Morgan fingerprint density at radius 3 is 2.04 bits per heavy atom. The van der Waals surface area contributed by atoms with E-state index in [9.17, 15) is 9.59 Å². The smallest absolute Gasteiger partial charge is 0.333 e. The van der Waals surface area contributed by atoms with Gasteiger partial charge in [-0.15, -0.1) is 0 Å². The van der Waals surface area contributed by atoms with E-state index in [0.717, 1.165) is 56.3 Å². The van der Waals surface area contributed by atoms with Crippen LogP contribution < -0.4 is 0 Å². The third-order valence-corrected chi connectivity index (χ3v) is 6.02. The highest BCUT2D eigenvalue weighted by molar-refractivity contribution is 5.86. The highest BCUT2D eigenvalue weighted by Crippen LogP contribution is 2.42. The summed E-state index contributed by atoms with van der Waals surface area (Å²) in [6, 6.07) is 0. The number of carbonyl (C=O) groups excluding carboxylic acids is 1. The van der Waals surface area contributed by atoms with Crippen molar-refractivity contribution in [3.05, 3.63) is 12.2 Å². The molecule has 0 atom stereocenters. The second kappa shape index (κ2) is 9.24. The van der Waals surface area contributed by atoms with E-state index < -0.39 is 5.97 Å². The van der Waals surface area contributed by atoms with Gasteiger partial charge in [-0.25, -0.2) is 4.79 Å². The predicted molar refractivity (Wildman–Crippen MR) is 93.5 cm³/mol. The Labute approximate surface area is 145 Å². The normalized spacial score (nSPS) is 30.5. The fourth-order valence-corrected chi connectivity index (χ4v) is 4.45. The number of esters is 1. The van der Waals surface area contributed by atoms with E-state index in [1.165, 1.54) is 25.7 Å². The second-order valence-electron chi connectivity index (χ2n) is 7.79. The fraction of sp³-hybridized carbons (Fsp3) is 0.800. The zero-order valence-electron chi connectivity index (χ0n) is 15.0. The molecule has 0 amide bonds. The molecule has 4 heteroatoms. The van der Waals surface area contributed by atoms with E-state index >= 15 is 0 Å². The minimum absolute atomic E-state index is 0.0977. The number of rotatable bonds is 7. The summed E-state index contributed by atoms with van der Waals surface area (Å²) in [5, 5.41) is 9.10. The molecule has 0 unspecified atom stereocenters. The lowest BCUT2D eigenvalue weighted by Gasteiger charge is -2.37. The summed E-state index contributed by atoms with van der Waals surface area (Å²) in [6.45, 7) is 5.76. The Balaban J connectivity index is 1.59. The molecule has 0 radical (unpaired) electrons. The number of ether oxygens (including phenoxy) is 1. The third kappa shape index (κ3) is 5.64. The minimum Gasteiger partial charge on any atom is -0.481 e. The van der Waals surface area contributed by atoms with Gasteiger partial charge in [0.15, 0.2) is 0 Å². The van der Waals surface area contributed by atoms with Gasteiger partial charge in [-0.05, 0) is 76.0 Å². The highest BCUT2D eigenvalue weighted by Gasteiger charge is 2.32. The first-order chi connectivity index (χ1) is 11.5. The van der Waals surface area contributed by atoms with Gasteiger partial charge in [-0.3, -0.25) is 4.79 Å². The Hall–Kier alpha value is -1.32. The summed E-state index contributed by atoms with van der Waals surface area (Å²) < 4.78 is 5.15. The molecule has 0 aromatic rings. The maximum Gasteiger partial charge on any atom is 0.333 e. The first-order valence-electron chi connectivity index (χ1n) is 9.52. The Morgan fingerprint density at radius 2 is 1.54 bits per heavy atom. The van der Waals surface area contributed by atoms with Crippen LogP contribution in [-0.2, 0) is 14.3 Å². The van der Waals surface area contributed by atoms with Gasteiger partial charge < -0.3 is 9.84 Å². The number of hydrogen-bond donors (Lipinski definition) is 1. The van der Waals surface area contributed by atoms with Crippen LogP contribution in [0, 0.1) is 23.7 Å². The monoisotopic (exact) mass is 336 g/mol. The summed E-state index contributed by atoms with van der Waals surface area (Å²) in [5.74, 6) is 1.33. The van der Waals surface area contributed by atoms with Crippen LogP contribution in [0.25, 0.3) is 0 Å². The predicted octanol–water partition coefficient (Wildman–Crippen LogP) is 4.58. The molecular weight excluding hydrogens is 304 g/mol. The molecule has 24 heavy (non-hydrogen) atoms. The Kier molecular flexibility index (Phi) is 7.32. The number of aliphatic carboxylic acids is 1. The van der Waals surface area contributed by atoms with Crippen LogP contribution in [0.3, 0.4) is 0 Å². The van der Waals surface area contributed by atoms with Gasteiger partial charge >= 0.3 is 11.9 Å². The second-order valence-corrected chi connectivity index (χ2v) is 7.79. The maximum atomic E-state index is 11.3. The first kappa shape index (κ1) is 19.0. The van der Waals surface area contributed by atoms with Crippen molar-refractivity contribution >= 4 is 11.9 Å². The average Bonchev–Trinajstić information content (AvgIpc) is 2.59. The molecule has 2 fully saturated rings. The summed E-state index contributed by atoms with van der Waals surface area (Å²) in [6.07, 6.45) is 11.2. The van der Waals surface area contributed by atoms with Crippen LogP contribution >= 0.6 is 0 Å². The lowest BCUT2D eigenvalue weighted by Crippen LogP contribution is -2.28. The van der Waals surface area contributed by atoms with Crippen LogP contribution in [0.4, 0.5) is 0 Å². The van der Waals surface area contributed by atoms with Crippen LogP contribution in [0.15, 0.2) is 12.2 Å². The summed E-state index contributed by atoms with van der Waals surface area (Å²) in [4.78, 5) is 22.4. The molecule has 0 bridgehead atoms. The first-order valence-corrected chi connectivity index (χ1v) is 9.52. The number of carboxylic acids is 1. The lowest BCUT2D eigenvalue weighted by molar-refractivity contribution is -0.143. The van der Waals surface area contributed by atoms with Crippen molar-refractivity contribution in [2.24, 2.45) is 23.7 Å². The molecule has 4 nitrogen and oxygen atoms in total. The van der Waals surface area contributed by atoms with Crippen LogP contribution in [0.5, 0.6) is 0 Å². The van der Waals surface area contributed by atoms with Crippen molar-refractivity contribution < 1.29 is 19.4 Å². The molecule has 1 N–H and O–H groups in total. The van der Waals surface area contributed by atoms with Crippen molar-refractivity contribution in [2.45, 2.75) is 71.1 Å². The molecule has 2 aliphatic rings. The molecule has 0 aromatic carbocycles. The van der Waals surface area contributed by atoms with Crippen LogP contribution in [-0.4, -0.2) is 23.7 Å². The van der Waals surface area contributed by atoms with Gasteiger partial charge in [-0.1, -0.05) is 19.4 Å². The molecule has 0 spiro atoms. The molecule has 0 heterocycles. The minimum atomic E-state index is -0.607. The van der Waals surface area contributed by atoms with E-state index in [-0.39, 0.29) is 11.9 Å². The summed E-state index contributed by atoms with van der Waals surface area (Å²) in [7, 11) is 0. The van der Waals surface area contributed by atoms with E-state index in [1.807, 2.05) is 0 Å². The molecular formula is C20H32O4. The van der Waals surface area contributed by atoms with Gasteiger partial charge in [0.05, 0.1) is 12.5 Å². The maximum absolute atomic E-state index is 11.3. The Morgan fingerprint density at radius 1 is 1.00 bits per heavy atom. The van der Waals surface area contributed by atoms with E-state index in [4.69, 9.17) is 9.84 Å². The number of carbonyl (C=O) groups is 2. The zero-order chi connectivity index (χ0) is 17.5. The largest absolute Gasteiger partial charge is 0.481 e. The fourth-order valence-electron chi connectivity index (χ4n) is 4.45. The lowest BCUT2D eigenvalue weighted by atomic mass is 9.69. The SMILES string of the molecule is C=C(C)C(=O)OCCCC1CCC(C2CCC(C(=O)O)CC2)CC1. The van der Waals surface area contributed by atoms with E-state index in [0.29, 0.717) is 12.2 Å². The Bertz CT molecular complexity index is 441. The molecule has 0 aromatic heterocycles. The zero-order valence-corrected chi connectivity index (χ0v) is 15.0. The van der Waals surface area contributed by atoms with E-state index in [2.05, 4.69) is 6.58 Å². The number of hydrogen-bond acceptors (Lipinski definition) is 3. The standard InChI is InChI=1S/C20H32O4/c1-14(2)20(23)24-13-3-4-15-5-7-16(8-6-15)17-9-11-18(12-10-17)19(21)22/h15-18H,1,3-13H2,2H3,(H,21,22). The quantitative estimate of drug-likeness (QED) is 0.420. The molecule has 2 aliphatic carbocycles. The molecule has 136 valence electrons. The van der Waals surface area contributed by atoms with Gasteiger partial charge in [0.2, 0.25) is 0 Å². The van der Waals surface area contributed by atoms with Crippen molar-refractivity contribution in [1.82, 2.24) is 0 Å². The van der Waals surface area contributed by atoms with Gasteiger partial charge in [-0.2, -0.15) is 0 Å². The van der Waals surface area contributed by atoms with E-state index in [1.54, 1.807) is 6.92 Å². The number of carboxylic acid groups (broad SMARTS) is 1. The topological polar surface area (TPSA) is 63.6 Å². The van der Waals surface area contributed by atoms with Gasteiger partial charge in [0.25, 0.3) is 0 Å². The summed E-state index contributed by atoms with van der Waals surface area (Å²) >= 11 is 0. The van der Waals surface area contributed by atoms with Crippen molar-refractivity contribution in [2.75, 3.05) is 6.61 Å². The molecule has 2 saturated carbocycles. The van der Waals surface area contributed by atoms with Gasteiger partial charge in [0.1, 0.15) is 0 Å². The van der Waals surface area contributed by atoms with Crippen LogP contribution in [0.1, 0.15) is 71.1 Å². The molecule has 0 aliphatic heterocycles. The van der Waals surface area contributed by atoms with Crippen molar-refractivity contribution in [3.63, 3.8) is 0 Å². The van der Waals surface area contributed by atoms with Crippen LogP contribution in [0.2, 0.25) is 0 Å². The highest BCUT2D eigenvalue weighted by atomic mass is 16.5. The summed E-state index contributed by atoms with van der Waals surface area (Å²) in [5.41, 5.74) is 0.466. The molecule has 0 saturated heterocycles.